The molecule has 138 heavy (non-hydrogen) atoms. The number of benzene rings is 26. The van der Waals surface area contributed by atoms with Crippen LogP contribution in [0.25, 0.3) is 194 Å². The minimum Gasteiger partial charge on any atom is -0.351 e. The second-order valence-corrected chi connectivity index (χ2v) is 36.2. The zero-order chi connectivity index (χ0) is 91.4. The molecule has 650 valence electrons. The van der Waals surface area contributed by atoms with E-state index in [-0.39, 0.29) is 38.1 Å². The van der Waals surface area contributed by atoms with Crippen molar-refractivity contribution in [2.24, 2.45) is 0 Å². The van der Waals surface area contributed by atoms with Gasteiger partial charge in [0, 0.05) is 90.5 Å². The Morgan fingerprint density at radius 3 is 0.761 bits per heavy atom. The van der Waals surface area contributed by atoms with Crippen LogP contribution in [0, 0.1) is 26.0 Å². The second kappa shape index (κ2) is 33.2. The monoisotopic (exact) mass is 1940 g/mol. The van der Waals surface area contributed by atoms with Gasteiger partial charge in [0.05, 0.1) is 40.2 Å². The first kappa shape index (κ1) is 82.7. The Labute approximate surface area is 807 Å². The van der Waals surface area contributed by atoms with Gasteiger partial charge in [-0.1, -0.05) is 290 Å². The summed E-state index contributed by atoms with van der Waals surface area (Å²) in [5.41, 5.74) is 18.1. The summed E-state index contributed by atoms with van der Waals surface area (Å²) in [6, 6.07) is 154. The van der Waals surface area contributed by atoms with Crippen molar-refractivity contribution in [2.75, 3.05) is 19.6 Å². The summed E-state index contributed by atoms with van der Waals surface area (Å²) in [6.07, 6.45) is 3.83. The van der Waals surface area contributed by atoms with Crippen molar-refractivity contribution < 1.29 is 29.7 Å². The van der Waals surface area contributed by atoms with Gasteiger partial charge in [-0.25, -0.2) is 0 Å². The van der Waals surface area contributed by atoms with E-state index in [2.05, 4.69) is 432 Å². The minimum atomic E-state index is -0.0625. The Morgan fingerprint density at radius 1 is 0.232 bits per heavy atom. The number of aryl methyl sites for hydroxylation is 2. The number of hydrogen-bond acceptors (Lipinski definition) is 10. The topological polar surface area (TPSA) is 98.7 Å². The van der Waals surface area contributed by atoms with E-state index < -0.39 is 0 Å². The van der Waals surface area contributed by atoms with Crippen molar-refractivity contribution in [2.45, 2.75) is 34.1 Å². The number of para-hydroxylation sites is 4. The SMILES string of the molecule is CC(=O)CC(C)=O.Cc1cnc2c3[c-]cc(N(c4ccccc4)c4cc5cccc6ccc7cccc4c7c65)cc3c3cc(N(c4ccccc4)c4cc5cccc6ccc7cccc4c7c65)ccc3c2n1.Cc1cnc2c3[c-]cc(N(c4ccccc4)c4cc5cccc6ccc7cccc4c7c65)cc3c3cc(N(c4ccccc4)c4cc5cccc6ccc7cccc4c7c65)ccc3c2n1.[Ir+3]. The van der Waals surface area contributed by atoms with E-state index in [0.717, 1.165) is 145 Å². The third kappa shape index (κ3) is 13.5. The van der Waals surface area contributed by atoms with Gasteiger partial charge in [-0.3, -0.25) is 19.6 Å². The first-order chi connectivity index (χ1) is 67.4. The molecule has 0 radical (unpaired) electrons. The fourth-order valence-corrected chi connectivity index (χ4v) is 22.0. The minimum absolute atomic E-state index is 0. The summed E-state index contributed by atoms with van der Waals surface area (Å²) in [4.78, 5) is 50.2. The van der Waals surface area contributed by atoms with E-state index in [1.165, 1.54) is 143 Å². The van der Waals surface area contributed by atoms with E-state index in [1.807, 2.05) is 26.2 Å². The molecule has 28 rings (SSSR count). The molecule has 0 saturated carbocycles. The van der Waals surface area contributed by atoms with E-state index in [9.17, 15) is 9.59 Å². The maximum absolute atomic E-state index is 10.0. The molecule has 28 aromatic rings. The van der Waals surface area contributed by atoms with Crippen LogP contribution in [0.15, 0.2) is 413 Å². The molecule has 26 aromatic carbocycles. The van der Waals surface area contributed by atoms with Crippen molar-refractivity contribution in [3.8, 4) is 0 Å². The van der Waals surface area contributed by atoms with Gasteiger partial charge in [-0.05, 0) is 265 Å². The number of hydrogen-bond donors (Lipinski definition) is 0. The summed E-state index contributed by atoms with van der Waals surface area (Å²) < 4.78 is 0. The third-order valence-electron chi connectivity index (χ3n) is 27.7. The number of fused-ring (bicyclic) bond motifs is 12. The van der Waals surface area contributed by atoms with Crippen LogP contribution >= 0.6 is 0 Å². The Bertz CT molecular complexity index is 9230. The molecule has 0 fully saturated rings. The number of ketones is 2. The summed E-state index contributed by atoms with van der Waals surface area (Å²) >= 11 is 0. The number of carbonyl (C=O) groups excluding carboxylic acids is 2. The number of rotatable bonds is 14. The molecule has 0 unspecified atom stereocenters. The number of nitrogens with zero attached hydrogens (tertiary/aromatic N) is 8. The van der Waals surface area contributed by atoms with Crippen molar-refractivity contribution in [1.82, 2.24) is 19.9 Å². The zero-order valence-corrected chi connectivity index (χ0v) is 78.1. The molecule has 0 aliphatic heterocycles. The van der Waals surface area contributed by atoms with Crippen LogP contribution in [-0.4, -0.2) is 31.5 Å². The van der Waals surface area contributed by atoms with Crippen molar-refractivity contribution in [3.63, 3.8) is 0 Å². The number of aromatic nitrogens is 4. The van der Waals surface area contributed by atoms with Crippen LogP contribution in [0.2, 0.25) is 0 Å². The molecule has 0 saturated heterocycles. The average molecular weight is 1940 g/mol. The first-order valence-corrected chi connectivity index (χ1v) is 46.6. The summed E-state index contributed by atoms with van der Waals surface area (Å²) in [5.74, 6) is -0.125. The number of anilines is 12. The van der Waals surface area contributed by atoms with E-state index in [4.69, 9.17) is 19.9 Å². The Hall–Kier alpha value is -17.2. The van der Waals surface area contributed by atoms with Gasteiger partial charge >= 0.3 is 20.1 Å². The molecule has 0 bridgehead atoms. The van der Waals surface area contributed by atoms with E-state index >= 15 is 0 Å². The normalized spacial score (nSPS) is 11.8. The van der Waals surface area contributed by atoms with Gasteiger partial charge in [-0.2, -0.15) is 0 Å². The van der Waals surface area contributed by atoms with Crippen molar-refractivity contribution >= 4 is 274 Å². The van der Waals surface area contributed by atoms with Gasteiger partial charge < -0.3 is 29.6 Å². The van der Waals surface area contributed by atoms with Crippen molar-refractivity contribution in [1.29, 1.82) is 0 Å². The second-order valence-electron chi connectivity index (χ2n) is 36.2. The quantitative estimate of drug-likeness (QED) is 0.0595. The zero-order valence-electron chi connectivity index (χ0n) is 75.7. The largest absolute Gasteiger partial charge is 3.00 e. The van der Waals surface area contributed by atoms with Gasteiger partial charge in [0.25, 0.3) is 0 Å². The van der Waals surface area contributed by atoms with Gasteiger partial charge in [-0.15, -0.1) is 47.2 Å². The summed E-state index contributed by atoms with van der Waals surface area (Å²) in [7, 11) is 0. The fraction of sp³-hybridized carbons (Fsp3) is 0.0394. The molecule has 0 spiro atoms. The van der Waals surface area contributed by atoms with Crippen LogP contribution < -0.4 is 19.6 Å². The molecule has 0 atom stereocenters. The summed E-state index contributed by atoms with van der Waals surface area (Å²) in [6.45, 7) is 6.84. The van der Waals surface area contributed by atoms with Crippen LogP contribution in [0.5, 0.6) is 0 Å². The van der Waals surface area contributed by atoms with Crippen LogP contribution in [0.3, 0.4) is 0 Å². The van der Waals surface area contributed by atoms with E-state index in [1.54, 1.807) is 0 Å². The molecule has 0 N–H and O–H groups in total. The maximum Gasteiger partial charge on any atom is 3.00 e. The molecule has 0 aliphatic rings. The molecule has 2 aromatic heterocycles. The first-order valence-electron chi connectivity index (χ1n) is 46.6. The van der Waals surface area contributed by atoms with E-state index in [0.29, 0.717) is 0 Å². The van der Waals surface area contributed by atoms with Crippen LogP contribution in [-0.2, 0) is 29.7 Å². The molecule has 2 heterocycles. The van der Waals surface area contributed by atoms with Crippen LogP contribution in [0.1, 0.15) is 31.7 Å². The molecule has 0 amide bonds. The molecular formula is C127H82IrN8O2+. The smallest absolute Gasteiger partial charge is 0.351 e. The fourth-order valence-electron chi connectivity index (χ4n) is 22.0. The third-order valence-corrected chi connectivity index (χ3v) is 27.7. The molecule has 0 aliphatic carbocycles. The predicted molar refractivity (Wildman–Crippen MR) is 576 cm³/mol. The Morgan fingerprint density at radius 2 is 0.486 bits per heavy atom. The van der Waals surface area contributed by atoms with Gasteiger partial charge in [0.2, 0.25) is 0 Å². The molecule has 10 nitrogen and oxygen atoms in total. The maximum atomic E-state index is 10.0. The number of Topliss-reactive ketones (excluding diaryl/α,β-unsaturated/α-hetero) is 2. The predicted octanol–water partition coefficient (Wildman–Crippen LogP) is 34.1. The van der Waals surface area contributed by atoms with Crippen molar-refractivity contribution in [3.05, 3.63) is 436 Å². The Kier molecular flexibility index (Phi) is 19.9. The molecular weight excluding hydrogens is 1860 g/mol. The standard InChI is InChI=1S/2C61H37N4.C5H8O2.Ir/c2*1-37-36-62-60-48-30-28-46(64(44-18-4-2-5-19-44)54-32-42-16-8-12-38-24-26-40-14-10-22-50(54)58(40)56(38)42)34-52(48)53-35-47(29-31-49(53)61(60)63-37)65(45-20-6-3-7-21-45)55-33-43-17-9-13-39-25-27-41-15-11-23-51(55)59(41)57(39)43;1-4(6)3-5(2)7;/h2*2-29,31-36H,1H3;3H2,1-2H3;/q2*-1;;+3. The van der Waals surface area contributed by atoms with Crippen LogP contribution in [0.4, 0.5) is 68.2 Å². The van der Waals surface area contributed by atoms with Gasteiger partial charge in [0.15, 0.2) is 0 Å². The average Bonchev–Trinajstić information content (AvgIpc) is 0.728. The molecule has 11 heteroatoms. The number of carbonyl (C=O) groups is 2. The van der Waals surface area contributed by atoms with Gasteiger partial charge in [0.1, 0.15) is 11.6 Å². The Balaban J connectivity index is 0.000000136. The summed E-state index contributed by atoms with van der Waals surface area (Å²) in [5, 5.41) is 38.3.